The normalized spacial score (nSPS) is 12.4. The molecule has 0 aliphatic carbocycles. The Bertz CT molecular complexity index is 308. The molecule has 0 aliphatic rings. The van der Waals surface area contributed by atoms with E-state index in [1.165, 1.54) is 25.3 Å². The number of carbonyl (C=O) groups is 1. The number of rotatable bonds is 3. The maximum atomic E-state index is 10.5. The molecule has 4 heteroatoms. The number of phenolic OH excluding ortho intramolecular Hbond substituents is 2. The number of carbonyl (C=O) groups excluding carboxylic acids is 1. The highest BCUT2D eigenvalue weighted by molar-refractivity contribution is 5.61. The van der Waals surface area contributed by atoms with E-state index in [9.17, 15) is 4.79 Å². The van der Waals surface area contributed by atoms with E-state index in [1.54, 1.807) is 0 Å². The van der Waals surface area contributed by atoms with Crippen LogP contribution in [0.5, 0.6) is 11.5 Å². The molecule has 0 heterocycles. The Morgan fingerprint density at radius 1 is 1.38 bits per heavy atom. The van der Waals surface area contributed by atoms with Crippen molar-refractivity contribution in [3.05, 3.63) is 23.8 Å². The van der Waals surface area contributed by atoms with Gasteiger partial charge in [-0.1, -0.05) is 6.07 Å². The lowest BCUT2D eigenvalue weighted by Gasteiger charge is -2.08. The third-order valence-electron chi connectivity index (χ3n) is 1.71. The molecule has 1 atom stereocenters. The minimum atomic E-state index is -0.702. The van der Waals surface area contributed by atoms with Crippen molar-refractivity contribution in [2.24, 2.45) is 0 Å². The molecular formula is C9H10O4. The monoisotopic (exact) mass is 182 g/mol. The van der Waals surface area contributed by atoms with Crippen LogP contribution in [0.25, 0.3) is 0 Å². The second-order valence-corrected chi connectivity index (χ2v) is 2.54. The van der Waals surface area contributed by atoms with Crippen LogP contribution in [0.4, 0.5) is 0 Å². The van der Waals surface area contributed by atoms with E-state index in [0.29, 0.717) is 11.8 Å². The fourth-order valence-electron chi connectivity index (χ4n) is 0.988. The van der Waals surface area contributed by atoms with Gasteiger partial charge in [-0.2, -0.15) is 0 Å². The van der Waals surface area contributed by atoms with Gasteiger partial charge in [0.15, 0.2) is 17.8 Å². The summed E-state index contributed by atoms with van der Waals surface area (Å²) in [5.74, 6) is -0.481. The molecule has 70 valence electrons. The van der Waals surface area contributed by atoms with E-state index >= 15 is 0 Å². The van der Waals surface area contributed by atoms with Crippen LogP contribution in [-0.4, -0.2) is 23.6 Å². The summed E-state index contributed by atoms with van der Waals surface area (Å²) in [6, 6.07) is 4.11. The van der Waals surface area contributed by atoms with Gasteiger partial charge in [0.2, 0.25) is 0 Å². The van der Waals surface area contributed by atoms with Gasteiger partial charge in [-0.15, -0.1) is 0 Å². The Balaban J connectivity index is 3.01. The van der Waals surface area contributed by atoms with E-state index in [2.05, 4.69) is 0 Å². The second-order valence-electron chi connectivity index (χ2n) is 2.54. The van der Waals surface area contributed by atoms with Crippen molar-refractivity contribution in [1.82, 2.24) is 0 Å². The van der Waals surface area contributed by atoms with Gasteiger partial charge < -0.3 is 19.7 Å². The maximum Gasteiger partial charge on any atom is 0.157 e. The van der Waals surface area contributed by atoms with Crippen LogP contribution >= 0.6 is 0 Å². The molecule has 1 aromatic carbocycles. The Morgan fingerprint density at radius 3 is 2.54 bits per heavy atom. The summed E-state index contributed by atoms with van der Waals surface area (Å²) in [5.41, 5.74) is 0.507. The Morgan fingerprint density at radius 2 is 2.08 bits per heavy atom. The maximum absolute atomic E-state index is 10.5. The fourth-order valence-corrected chi connectivity index (χ4v) is 0.988. The molecule has 13 heavy (non-hydrogen) atoms. The fraction of sp³-hybridized carbons (Fsp3) is 0.222. The van der Waals surface area contributed by atoms with Gasteiger partial charge in [-0.05, 0) is 17.7 Å². The lowest BCUT2D eigenvalue weighted by atomic mass is 10.1. The molecule has 0 fully saturated rings. The molecule has 1 unspecified atom stereocenters. The van der Waals surface area contributed by atoms with Crippen LogP contribution in [0.1, 0.15) is 11.7 Å². The number of methoxy groups -OCH3 is 1. The highest BCUT2D eigenvalue weighted by Crippen LogP contribution is 2.27. The van der Waals surface area contributed by atoms with Gasteiger partial charge in [0, 0.05) is 7.11 Å². The molecule has 0 aliphatic heterocycles. The predicted octanol–water partition coefficient (Wildman–Crippen LogP) is 0.984. The van der Waals surface area contributed by atoms with Crippen LogP contribution in [-0.2, 0) is 9.53 Å². The largest absolute Gasteiger partial charge is 0.504 e. The number of hydrogen-bond acceptors (Lipinski definition) is 4. The molecule has 0 radical (unpaired) electrons. The third-order valence-corrected chi connectivity index (χ3v) is 1.71. The predicted molar refractivity (Wildman–Crippen MR) is 45.6 cm³/mol. The van der Waals surface area contributed by atoms with Crippen molar-refractivity contribution in [2.45, 2.75) is 6.10 Å². The summed E-state index contributed by atoms with van der Waals surface area (Å²) in [4.78, 5) is 10.5. The minimum Gasteiger partial charge on any atom is -0.504 e. The van der Waals surface area contributed by atoms with Crippen molar-refractivity contribution in [3.63, 3.8) is 0 Å². The first-order valence-electron chi connectivity index (χ1n) is 3.69. The number of ether oxygens (including phenoxy) is 1. The molecule has 0 bridgehead atoms. The molecule has 0 spiro atoms. The first-order valence-corrected chi connectivity index (χ1v) is 3.69. The molecule has 0 saturated carbocycles. The average Bonchev–Trinajstić information content (AvgIpc) is 2.13. The lowest BCUT2D eigenvalue weighted by Crippen LogP contribution is -2.01. The number of hydrogen-bond donors (Lipinski definition) is 2. The van der Waals surface area contributed by atoms with Crippen LogP contribution in [0.3, 0.4) is 0 Å². The average molecular weight is 182 g/mol. The van der Waals surface area contributed by atoms with Gasteiger partial charge in [0.1, 0.15) is 6.10 Å². The quantitative estimate of drug-likeness (QED) is 0.540. The van der Waals surface area contributed by atoms with E-state index in [0.717, 1.165) is 0 Å². The Kier molecular flexibility index (Phi) is 2.87. The smallest absolute Gasteiger partial charge is 0.157 e. The van der Waals surface area contributed by atoms with E-state index in [1.807, 2.05) is 0 Å². The van der Waals surface area contributed by atoms with Gasteiger partial charge >= 0.3 is 0 Å². The summed E-state index contributed by atoms with van der Waals surface area (Å²) >= 11 is 0. The molecule has 4 nitrogen and oxygen atoms in total. The van der Waals surface area contributed by atoms with Gasteiger partial charge in [0.05, 0.1) is 0 Å². The first-order chi connectivity index (χ1) is 6.19. The van der Waals surface area contributed by atoms with Crippen molar-refractivity contribution in [2.75, 3.05) is 7.11 Å². The highest BCUT2D eigenvalue weighted by atomic mass is 16.5. The topological polar surface area (TPSA) is 66.8 Å². The number of aldehydes is 1. The summed E-state index contributed by atoms with van der Waals surface area (Å²) in [7, 11) is 1.39. The zero-order valence-corrected chi connectivity index (χ0v) is 7.10. The summed E-state index contributed by atoms with van der Waals surface area (Å²) in [5, 5.41) is 18.1. The van der Waals surface area contributed by atoms with Crippen LogP contribution in [0, 0.1) is 0 Å². The molecular weight excluding hydrogens is 172 g/mol. The van der Waals surface area contributed by atoms with Crippen LogP contribution < -0.4 is 0 Å². The SMILES string of the molecule is COC(C=O)c1ccc(O)c(O)c1. The molecule has 0 amide bonds. The number of benzene rings is 1. The van der Waals surface area contributed by atoms with E-state index in [4.69, 9.17) is 14.9 Å². The number of aromatic hydroxyl groups is 2. The zero-order chi connectivity index (χ0) is 9.84. The molecule has 0 saturated heterocycles. The lowest BCUT2D eigenvalue weighted by molar-refractivity contribution is -0.116. The van der Waals surface area contributed by atoms with Crippen molar-refractivity contribution >= 4 is 6.29 Å². The summed E-state index contributed by atoms with van der Waals surface area (Å²) in [6.45, 7) is 0. The summed E-state index contributed by atoms with van der Waals surface area (Å²) in [6.07, 6.45) is -0.0854. The van der Waals surface area contributed by atoms with Crippen molar-refractivity contribution < 1.29 is 19.7 Å². The molecule has 2 N–H and O–H groups in total. The van der Waals surface area contributed by atoms with Crippen molar-refractivity contribution in [3.8, 4) is 11.5 Å². The second kappa shape index (κ2) is 3.91. The highest BCUT2D eigenvalue weighted by Gasteiger charge is 2.10. The molecule has 0 aromatic heterocycles. The Labute approximate surface area is 75.4 Å². The van der Waals surface area contributed by atoms with Gasteiger partial charge in [-0.3, -0.25) is 0 Å². The third kappa shape index (κ3) is 1.97. The van der Waals surface area contributed by atoms with E-state index < -0.39 is 6.10 Å². The van der Waals surface area contributed by atoms with E-state index in [-0.39, 0.29) is 11.5 Å². The zero-order valence-electron chi connectivity index (χ0n) is 7.10. The minimum absolute atomic E-state index is 0.218. The molecule has 1 rings (SSSR count). The number of phenols is 2. The van der Waals surface area contributed by atoms with Crippen molar-refractivity contribution in [1.29, 1.82) is 0 Å². The first kappa shape index (κ1) is 9.54. The van der Waals surface area contributed by atoms with Gasteiger partial charge in [-0.25, -0.2) is 0 Å². The van der Waals surface area contributed by atoms with Gasteiger partial charge in [0.25, 0.3) is 0 Å². The van der Waals surface area contributed by atoms with Crippen LogP contribution in [0.2, 0.25) is 0 Å². The summed E-state index contributed by atoms with van der Waals surface area (Å²) < 4.78 is 4.82. The standard InChI is InChI=1S/C9H10O4/c1-13-9(5-10)6-2-3-7(11)8(12)4-6/h2-5,9,11-12H,1H3. The van der Waals surface area contributed by atoms with Crippen LogP contribution in [0.15, 0.2) is 18.2 Å². The molecule has 1 aromatic rings. The Hall–Kier alpha value is -1.55.